The SMILES string of the molecule is CC(C)OC(=O)[C@H](C)N[P@@](=S)(OC[C@H]1O[C@@H](n2cnc3c(N)ncnc32)C(Cl)(Cl)[C@@H]1O)Oc1ccccc1. The van der Waals surface area contributed by atoms with Gasteiger partial charge in [-0.25, -0.2) is 20.0 Å². The van der Waals surface area contributed by atoms with Crippen LogP contribution in [0.2, 0.25) is 0 Å². The highest BCUT2D eigenvalue weighted by Gasteiger charge is 2.56. The Labute approximate surface area is 234 Å². The summed E-state index contributed by atoms with van der Waals surface area (Å²) in [6.07, 6.45) is -1.21. The minimum absolute atomic E-state index is 0.164. The number of benzene rings is 1. The molecule has 4 rings (SSSR count). The van der Waals surface area contributed by atoms with Gasteiger partial charge in [-0.05, 0) is 44.7 Å². The number of nitrogens with two attached hydrogens (primary N) is 1. The van der Waals surface area contributed by atoms with Crippen LogP contribution in [0.4, 0.5) is 5.82 Å². The van der Waals surface area contributed by atoms with E-state index in [0.29, 0.717) is 16.9 Å². The summed E-state index contributed by atoms with van der Waals surface area (Å²) >= 11 is 18.8. The molecule has 12 nitrogen and oxygen atoms in total. The summed E-state index contributed by atoms with van der Waals surface area (Å²) in [4.78, 5) is 24.7. The number of aliphatic hydroxyl groups excluding tert-OH is 1. The third kappa shape index (κ3) is 6.21. The first-order valence-corrected chi connectivity index (χ1v) is 14.9. The molecule has 1 aromatic carbocycles. The van der Waals surface area contributed by atoms with Gasteiger partial charge in [-0.1, -0.05) is 41.4 Å². The topological polar surface area (TPSA) is 156 Å². The largest absolute Gasteiger partial charge is 0.462 e. The quantitative estimate of drug-likeness (QED) is 0.177. The number of aliphatic hydroxyl groups is 1. The van der Waals surface area contributed by atoms with Crippen molar-refractivity contribution in [2.24, 2.45) is 0 Å². The lowest BCUT2D eigenvalue weighted by Gasteiger charge is -2.28. The van der Waals surface area contributed by atoms with E-state index in [0.717, 1.165) is 0 Å². The van der Waals surface area contributed by atoms with Gasteiger partial charge in [0.15, 0.2) is 22.0 Å². The van der Waals surface area contributed by atoms with Crippen molar-refractivity contribution in [2.75, 3.05) is 12.3 Å². The number of imidazole rings is 1. The molecular formula is C22H27Cl2N6O6PS. The summed E-state index contributed by atoms with van der Waals surface area (Å²) in [6, 6.07) is 7.88. The molecule has 38 heavy (non-hydrogen) atoms. The predicted octanol–water partition coefficient (Wildman–Crippen LogP) is 3.09. The second-order valence-corrected chi connectivity index (χ2v) is 13.3. The fraction of sp³-hybridized carbons (Fsp3) is 0.455. The van der Waals surface area contributed by atoms with E-state index >= 15 is 0 Å². The summed E-state index contributed by atoms with van der Waals surface area (Å²) in [5.74, 6) is 0.0575. The van der Waals surface area contributed by atoms with Crippen molar-refractivity contribution < 1.29 is 28.4 Å². The van der Waals surface area contributed by atoms with Crippen molar-refractivity contribution in [3.8, 4) is 5.75 Å². The fourth-order valence-corrected chi connectivity index (χ4v) is 6.67. The van der Waals surface area contributed by atoms with Gasteiger partial charge in [0.25, 0.3) is 0 Å². The zero-order valence-corrected chi connectivity index (χ0v) is 23.8. The zero-order valence-electron chi connectivity index (χ0n) is 20.6. The number of rotatable bonds is 10. The number of halogens is 2. The third-order valence-electron chi connectivity index (χ3n) is 5.45. The van der Waals surface area contributed by atoms with Crippen LogP contribution in [0.1, 0.15) is 27.0 Å². The first-order valence-electron chi connectivity index (χ1n) is 11.5. The molecule has 1 aliphatic heterocycles. The van der Waals surface area contributed by atoms with Crippen molar-refractivity contribution in [1.29, 1.82) is 0 Å². The number of nitrogen functional groups attached to an aromatic ring is 1. The third-order valence-corrected chi connectivity index (χ3v) is 8.77. The van der Waals surface area contributed by atoms with E-state index in [2.05, 4.69) is 20.0 Å². The van der Waals surface area contributed by atoms with Gasteiger partial charge >= 0.3 is 12.6 Å². The standard InChI is InChI=1S/C22H27Cl2N6O6PS/c1-12(2)34-20(32)13(3)29-37(38,36-14-7-5-4-6-8-14)33-9-15-17(31)22(23,24)21(35-15)30-11-28-16-18(25)26-10-27-19(16)30/h4-8,10-13,15,17,21,31H,9H2,1-3H3,(H,29,38)(H2,25,26,27)/t13-,15+,17+,21+,37+/m0/s1. The lowest BCUT2D eigenvalue weighted by molar-refractivity contribution is -0.149. The van der Waals surface area contributed by atoms with E-state index in [-0.39, 0.29) is 18.5 Å². The molecule has 0 amide bonds. The highest BCUT2D eigenvalue weighted by Crippen LogP contribution is 2.50. The molecule has 0 aliphatic carbocycles. The summed E-state index contributed by atoms with van der Waals surface area (Å²) in [7, 11) is 0. The molecule has 1 saturated heterocycles. The van der Waals surface area contributed by atoms with Crippen LogP contribution >= 0.6 is 29.8 Å². The second-order valence-electron chi connectivity index (χ2n) is 8.76. The predicted molar refractivity (Wildman–Crippen MR) is 145 cm³/mol. The Kier molecular flexibility index (Phi) is 8.80. The van der Waals surface area contributed by atoms with Gasteiger partial charge in [0.1, 0.15) is 35.8 Å². The number of hydrogen-bond acceptors (Lipinski definition) is 11. The van der Waals surface area contributed by atoms with Gasteiger partial charge in [-0.15, -0.1) is 0 Å². The second kappa shape index (κ2) is 11.6. The number of nitrogens with zero attached hydrogens (tertiary/aromatic N) is 4. The van der Waals surface area contributed by atoms with Gasteiger partial charge in [0.05, 0.1) is 19.0 Å². The lowest BCUT2D eigenvalue weighted by atomic mass is 10.2. The molecule has 2 aromatic heterocycles. The number of ether oxygens (including phenoxy) is 2. The number of carbonyl (C=O) groups is 1. The van der Waals surface area contributed by atoms with E-state index < -0.39 is 41.4 Å². The summed E-state index contributed by atoms with van der Waals surface area (Å²) in [5, 5.41) is 13.9. The van der Waals surface area contributed by atoms with Gasteiger partial charge in [-0.3, -0.25) is 9.36 Å². The van der Waals surface area contributed by atoms with Gasteiger partial charge in [0.2, 0.25) is 0 Å². The summed E-state index contributed by atoms with van der Waals surface area (Å²) in [5.41, 5.74) is 6.52. The van der Waals surface area contributed by atoms with Crippen LogP contribution in [0.15, 0.2) is 43.0 Å². The first kappa shape index (κ1) is 28.9. The Morgan fingerprint density at radius 3 is 2.68 bits per heavy atom. The van der Waals surface area contributed by atoms with E-state index in [4.69, 9.17) is 59.3 Å². The molecule has 0 spiro atoms. The Bertz CT molecular complexity index is 1330. The maximum Gasteiger partial charge on any atom is 0.323 e. The van der Waals surface area contributed by atoms with Crippen molar-refractivity contribution in [2.45, 2.75) is 55.7 Å². The molecule has 0 saturated carbocycles. The normalized spacial score (nSPS) is 23.3. The van der Waals surface area contributed by atoms with Crippen LogP contribution in [0.3, 0.4) is 0 Å². The molecule has 5 atom stereocenters. The van der Waals surface area contributed by atoms with Gasteiger partial charge in [-0.2, -0.15) is 0 Å². The molecule has 0 unspecified atom stereocenters. The lowest BCUT2D eigenvalue weighted by Crippen LogP contribution is -2.39. The average molecular weight is 605 g/mol. The molecule has 3 aromatic rings. The summed E-state index contributed by atoms with van der Waals surface area (Å²) < 4.78 is 22.9. The number of nitrogens with one attached hydrogen (secondary N) is 1. The highest BCUT2D eigenvalue weighted by molar-refractivity contribution is 8.09. The zero-order chi connectivity index (χ0) is 27.7. The number of para-hydroxylation sites is 1. The van der Waals surface area contributed by atoms with Crippen LogP contribution in [-0.4, -0.2) is 65.9 Å². The maximum atomic E-state index is 12.4. The smallest absolute Gasteiger partial charge is 0.323 e. The Morgan fingerprint density at radius 1 is 1.29 bits per heavy atom. The number of alkyl halides is 2. The van der Waals surface area contributed by atoms with E-state index in [9.17, 15) is 9.90 Å². The van der Waals surface area contributed by atoms with Crippen LogP contribution in [0, 0.1) is 0 Å². The summed E-state index contributed by atoms with van der Waals surface area (Å²) in [6.45, 7) is 1.39. The minimum Gasteiger partial charge on any atom is -0.462 e. The monoisotopic (exact) mass is 604 g/mol. The molecule has 4 N–H and O–H groups in total. The Balaban J connectivity index is 1.54. The van der Waals surface area contributed by atoms with E-state index in [1.54, 1.807) is 45.0 Å². The first-order chi connectivity index (χ1) is 17.9. The van der Waals surface area contributed by atoms with Crippen LogP contribution < -0.4 is 15.3 Å². The van der Waals surface area contributed by atoms with Crippen molar-refractivity contribution in [3.05, 3.63) is 43.0 Å². The molecule has 0 radical (unpaired) electrons. The number of fused-ring (bicyclic) bond motifs is 1. The highest BCUT2D eigenvalue weighted by atomic mass is 35.5. The maximum absolute atomic E-state index is 12.4. The fourth-order valence-electron chi connectivity index (χ4n) is 3.65. The number of anilines is 1. The molecule has 1 aliphatic rings. The van der Waals surface area contributed by atoms with Crippen molar-refractivity contribution in [3.63, 3.8) is 0 Å². The molecule has 206 valence electrons. The van der Waals surface area contributed by atoms with Crippen LogP contribution in [0.5, 0.6) is 5.75 Å². The van der Waals surface area contributed by atoms with Crippen LogP contribution in [-0.2, 0) is 30.6 Å². The van der Waals surface area contributed by atoms with Crippen molar-refractivity contribution >= 4 is 64.6 Å². The van der Waals surface area contributed by atoms with E-state index in [1.807, 2.05) is 6.07 Å². The molecule has 3 heterocycles. The Morgan fingerprint density at radius 2 is 2.00 bits per heavy atom. The minimum atomic E-state index is -3.39. The molecule has 16 heteroatoms. The van der Waals surface area contributed by atoms with Gasteiger partial charge < -0.3 is 29.4 Å². The van der Waals surface area contributed by atoms with Crippen molar-refractivity contribution in [1.82, 2.24) is 24.6 Å². The molecule has 1 fully saturated rings. The Hall–Kier alpha value is -2.09. The van der Waals surface area contributed by atoms with Crippen LogP contribution in [0.25, 0.3) is 11.2 Å². The number of esters is 1. The van der Waals surface area contributed by atoms with Gasteiger partial charge in [0, 0.05) is 0 Å². The average Bonchev–Trinajstić information content (AvgIpc) is 3.37. The molecular weight excluding hydrogens is 578 g/mol. The number of aromatic nitrogens is 4. The number of hydrogen-bond donors (Lipinski definition) is 3. The van der Waals surface area contributed by atoms with E-state index in [1.165, 1.54) is 17.2 Å². The molecule has 0 bridgehead atoms. The number of carbonyl (C=O) groups excluding carboxylic acids is 1.